The summed E-state index contributed by atoms with van der Waals surface area (Å²) in [6.07, 6.45) is 2.93. The first-order chi connectivity index (χ1) is 12.5. The van der Waals surface area contributed by atoms with E-state index in [2.05, 4.69) is 10.3 Å². The predicted octanol–water partition coefficient (Wildman–Crippen LogP) is 2.02. The van der Waals surface area contributed by atoms with Gasteiger partial charge in [-0.15, -0.1) is 0 Å². The average Bonchev–Trinajstić information content (AvgIpc) is 2.64. The number of carbonyl (C=O) groups is 2. The number of ether oxygens (including phenoxy) is 1. The summed E-state index contributed by atoms with van der Waals surface area (Å²) in [5.41, 5.74) is 0.176. The molecule has 1 heterocycles. The fourth-order valence-electron chi connectivity index (χ4n) is 2.38. The van der Waals surface area contributed by atoms with Crippen molar-refractivity contribution in [2.75, 3.05) is 12.9 Å². The molecule has 138 valence electrons. The lowest BCUT2D eigenvalue weighted by molar-refractivity contribution is -0.122. The van der Waals surface area contributed by atoms with Gasteiger partial charge in [-0.2, -0.15) is 0 Å². The maximum atomic E-state index is 12.6. The Hall–Kier alpha value is -2.61. The molecule has 0 radical (unpaired) electrons. The van der Waals surface area contributed by atoms with E-state index < -0.39 is 11.5 Å². The first kappa shape index (κ1) is 19.7. The van der Waals surface area contributed by atoms with E-state index in [1.807, 2.05) is 37.3 Å². The highest BCUT2D eigenvalue weighted by molar-refractivity contribution is 7.98. The lowest BCUT2D eigenvalue weighted by Crippen LogP contribution is -2.36. The third-order valence-corrected chi connectivity index (χ3v) is 4.36. The smallest absolute Gasteiger partial charge is 0.345 e. The van der Waals surface area contributed by atoms with Gasteiger partial charge in [0, 0.05) is 0 Å². The van der Waals surface area contributed by atoms with Gasteiger partial charge in [0.1, 0.15) is 12.1 Å². The van der Waals surface area contributed by atoms with Crippen molar-refractivity contribution in [2.24, 2.45) is 0 Å². The van der Waals surface area contributed by atoms with Crippen molar-refractivity contribution < 1.29 is 14.3 Å². The number of hydrogen-bond donors (Lipinski definition) is 1. The lowest BCUT2D eigenvalue weighted by Gasteiger charge is -2.16. The summed E-state index contributed by atoms with van der Waals surface area (Å²) in [6.45, 7) is 3.43. The molecule has 0 unspecified atom stereocenters. The van der Waals surface area contributed by atoms with E-state index in [1.54, 1.807) is 13.2 Å². The minimum Gasteiger partial charge on any atom is -0.462 e. The van der Waals surface area contributed by atoms with Crippen LogP contribution in [0.3, 0.4) is 0 Å². The second kappa shape index (κ2) is 9.19. The highest BCUT2D eigenvalue weighted by atomic mass is 32.2. The molecule has 0 aliphatic heterocycles. The summed E-state index contributed by atoms with van der Waals surface area (Å²) in [5, 5.41) is 3.20. The Kier molecular flexibility index (Phi) is 6.97. The molecule has 0 bridgehead atoms. The summed E-state index contributed by atoms with van der Waals surface area (Å²) < 4.78 is 6.05. The molecule has 8 heteroatoms. The van der Waals surface area contributed by atoms with Crippen LogP contribution in [-0.2, 0) is 16.1 Å². The zero-order valence-electron chi connectivity index (χ0n) is 14.9. The van der Waals surface area contributed by atoms with Crippen molar-refractivity contribution in [1.29, 1.82) is 0 Å². The summed E-state index contributed by atoms with van der Waals surface area (Å²) in [7, 11) is 0. The van der Waals surface area contributed by atoms with Gasteiger partial charge in [-0.25, -0.2) is 9.78 Å². The van der Waals surface area contributed by atoms with Crippen LogP contribution in [0.2, 0.25) is 0 Å². The van der Waals surface area contributed by atoms with Crippen molar-refractivity contribution in [3.05, 3.63) is 58.0 Å². The van der Waals surface area contributed by atoms with E-state index in [0.29, 0.717) is 5.16 Å². The molecule has 26 heavy (non-hydrogen) atoms. The largest absolute Gasteiger partial charge is 0.462 e. The number of rotatable bonds is 7. The molecule has 1 amide bonds. The highest BCUT2D eigenvalue weighted by Gasteiger charge is 2.19. The first-order valence-electron chi connectivity index (χ1n) is 8.13. The molecule has 0 saturated heterocycles. The number of carbonyl (C=O) groups excluding carboxylic acids is 2. The quantitative estimate of drug-likeness (QED) is 0.452. The number of thioether (sulfide) groups is 1. The summed E-state index contributed by atoms with van der Waals surface area (Å²) in [6, 6.07) is 9.29. The topological polar surface area (TPSA) is 90.3 Å². The number of benzene rings is 1. The SMILES string of the molecule is CCOC(=O)c1cnc(SC)n(CC(=O)N[C@H](C)c2ccccc2)c1=O. The number of amides is 1. The molecule has 0 aliphatic carbocycles. The van der Waals surface area contributed by atoms with E-state index in [0.717, 1.165) is 5.56 Å². The van der Waals surface area contributed by atoms with Crippen molar-refractivity contribution in [2.45, 2.75) is 31.6 Å². The van der Waals surface area contributed by atoms with Crippen LogP contribution in [0.4, 0.5) is 0 Å². The second-order valence-electron chi connectivity index (χ2n) is 5.47. The zero-order chi connectivity index (χ0) is 19.1. The maximum absolute atomic E-state index is 12.6. The normalized spacial score (nSPS) is 11.7. The molecular weight excluding hydrogens is 354 g/mol. The van der Waals surface area contributed by atoms with Gasteiger partial charge in [0.15, 0.2) is 5.16 Å². The average molecular weight is 375 g/mol. The van der Waals surface area contributed by atoms with Gasteiger partial charge in [-0.3, -0.25) is 14.2 Å². The van der Waals surface area contributed by atoms with Crippen LogP contribution >= 0.6 is 11.8 Å². The molecule has 1 aromatic carbocycles. The maximum Gasteiger partial charge on any atom is 0.345 e. The first-order valence-corrected chi connectivity index (χ1v) is 9.35. The predicted molar refractivity (Wildman–Crippen MR) is 99.2 cm³/mol. The van der Waals surface area contributed by atoms with Crippen LogP contribution in [0.25, 0.3) is 0 Å². The van der Waals surface area contributed by atoms with E-state index in [-0.39, 0.29) is 30.7 Å². The van der Waals surface area contributed by atoms with Gasteiger partial charge in [-0.05, 0) is 25.7 Å². The summed E-state index contributed by atoms with van der Waals surface area (Å²) in [5.74, 6) is -1.09. The Morgan fingerprint density at radius 1 is 1.31 bits per heavy atom. The molecule has 2 aromatic rings. The van der Waals surface area contributed by atoms with Crippen LogP contribution in [0.15, 0.2) is 46.5 Å². The van der Waals surface area contributed by atoms with E-state index in [1.165, 1.54) is 22.5 Å². The summed E-state index contributed by atoms with van der Waals surface area (Å²) in [4.78, 5) is 41.0. The Morgan fingerprint density at radius 2 is 2.00 bits per heavy atom. The molecule has 1 N–H and O–H groups in total. The molecule has 7 nitrogen and oxygen atoms in total. The van der Waals surface area contributed by atoms with Gasteiger partial charge in [0.05, 0.1) is 18.8 Å². The van der Waals surface area contributed by atoms with Gasteiger partial charge in [-0.1, -0.05) is 42.1 Å². The monoisotopic (exact) mass is 375 g/mol. The lowest BCUT2D eigenvalue weighted by atomic mass is 10.1. The van der Waals surface area contributed by atoms with Crippen molar-refractivity contribution in [3.8, 4) is 0 Å². The van der Waals surface area contributed by atoms with Gasteiger partial charge in [0.2, 0.25) is 5.91 Å². The van der Waals surface area contributed by atoms with Crippen molar-refractivity contribution >= 4 is 23.6 Å². The van der Waals surface area contributed by atoms with E-state index in [9.17, 15) is 14.4 Å². The summed E-state index contributed by atoms with van der Waals surface area (Å²) >= 11 is 1.22. The minimum absolute atomic E-state index is 0.150. The molecule has 0 spiro atoms. The number of hydrogen-bond acceptors (Lipinski definition) is 6. The highest BCUT2D eigenvalue weighted by Crippen LogP contribution is 2.12. The number of aromatic nitrogens is 2. The molecule has 1 aromatic heterocycles. The Labute approximate surface area is 155 Å². The molecule has 0 fully saturated rings. The second-order valence-corrected chi connectivity index (χ2v) is 6.24. The zero-order valence-corrected chi connectivity index (χ0v) is 15.7. The van der Waals surface area contributed by atoms with Gasteiger partial charge in [0.25, 0.3) is 5.56 Å². The van der Waals surface area contributed by atoms with Gasteiger partial charge >= 0.3 is 5.97 Å². The number of nitrogens with one attached hydrogen (secondary N) is 1. The van der Waals surface area contributed by atoms with Crippen molar-refractivity contribution in [3.63, 3.8) is 0 Å². The minimum atomic E-state index is -0.746. The number of esters is 1. The molecule has 0 saturated carbocycles. The molecular formula is C18H21N3O4S. The van der Waals surface area contributed by atoms with Crippen LogP contribution in [0.1, 0.15) is 35.8 Å². The Bertz CT molecular complexity index is 836. The Morgan fingerprint density at radius 3 is 2.62 bits per heavy atom. The third kappa shape index (κ3) is 4.72. The van der Waals surface area contributed by atoms with Crippen LogP contribution in [-0.4, -0.2) is 34.3 Å². The standard InChI is InChI=1S/C18H21N3O4S/c1-4-25-17(24)14-10-19-18(26-3)21(16(14)23)11-15(22)20-12(2)13-8-6-5-7-9-13/h5-10,12H,4,11H2,1-3H3,(H,20,22)/t12-/m1/s1. The van der Waals surface area contributed by atoms with Gasteiger partial charge < -0.3 is 10.1 Å². The van der Waals surface area contributed by atoms with E-state index >= 15 is 0 Å². The Balaban J connectivity index is 2.21. The number of nitrogens with zero attached hydrogens (tertiary/aromatic N) is 2. The third-order valence-electron chi connectivity index (χ3n) is 3.67. The van der Waals surface area contributed by atoms with Crippen LogP contribution in [0, 0.1) is 0 Å². The van der Waals surface area contributed by atoms with Crippen LogP contribution in [0.5, 0.6) is 0 Å². The fraction of sp³-hybridized carbons (Fsp3) is 0.333. The molecule has 1 atom stereocenters. The fourth-order valence-corrected chi connectivity index (χ4v) is 2.91. The molecule has 2 rings (SSSR count). The molecule has 0 aliphatic rings. The van der Waals surface area contributed by atoms with Crippen molar-refractivity contribution in [1.82, 2.24) is 14.9 Å². The van der Waals surface area contributed by atoms with E-state index in [4.69, 9.17) is 4.74 Å². The van der Waals surface area contributed by atoms with Crippen LogP contribution < -0.4 is 10.9 Å².